The van der Waals surface area contributed by atoms with Gasteiger partial charge in [-0.3, -0.25) is 5.41 Å². The molecule has 0 aliphatic heterocycles. The molecule has 0 heterocycles. The van der Waals surface area contributed by atoms with Gasteiger partial charge in [-0.25, -0.2) is 0 Å². The van der Waals surface area contributed by atoms with Gasteiger partial charge in [0.1, 0.15) is 4.87 Å². The SMILES string of the molecule is CC(C)(Cl)C=[NH2+].[Cl-]. The van der Waals surface area contributed by atoms with Crippen molar-refractivity contribution in [2.45, 2.75) is 18.7 Å². The minimum atomic E-state index is -0.333. The first-order chi connectivity index (χ1) is 2.56. The van der Waals surface area contributed by atoms with Crippen LogP contribution in [0.15, 0.2) is 0 Å². The van der Waals surface area contributed by atoms with Crippen LogP contribution in [0.2, 0.25) is 0 Å². The van der Waals surface area contributed by atoms with Gasteiger partial charge < -0.3 is 12.4 Å². The molecule has 0 aliphatic rings. The zero-order valence-electron chi connectivity index (χ0n) is 4.41. The lowest BCUT2D eigenvalue weighted by Crippen LogP contribution is -3.00. The normalized spacial score (nSPS) is 9.57. The molecule has 44 valence electrons. The summed E-state index contributed by atoms with van der Waals surface area (Å²) in [6.45, 7) is 3.66. The van der Waals surface area contributed by atoms with Crippen molar-refractivity contribution in [2.75, 3.05) is 0 Å². The largest absolute Gasteiger partial charge is 1.00 e. The standard InChI is InChI=1S/C4H8ClN.ClH/c1-4(2,5)3-6;/h3,6H,1-2H3;1H. The van der Waals surface area contributed by atoms with Crippen LogP contribution in [0.3, 0.4) is 0 Å². The molecule has 0 bridgehead atoms. The molecule has 2 N–H and O–H groups in total. The van der Waals surface area contributed by atoms with Gasteiger partial charge in [-0.15, -0.1) is 11.6 Å². The number of hydrogen-bond acceptors (Lipinski definition) is 0. The Morgan fingerprint density at radius 1 is 1.57 bits per heavy atom. The molecule has 0 aliphatic carbocycles. The van der Waals surface area contributed by atoms with Crippen molar-refractivity contribution in [1.29, 1.82) is 0 Å². The van der Waals surface area contributed by atoms with E-state index in [2.05, 4.69) is 0 Å². The maximum absolute atomic E-state index is 5.54. The highest BCUT2D eigenvalue weighted by molar-refractivity contribution is 6.30. The Balaban J connectivity index is 0. The summed E-state index contributed by atoms with van der Waals surface area (Å²) in [6, 6.07) is 0. The van der Waals surface area contributed by atoms with Gasteiger partial charge in [0.2, 0.25) is 0 Å². The molecule has 0 saturated heterocycles. The minimum Gasteiger partial charge on any atom is -1.00 e. The Kier molecular flexibility index (Phi) is 4.81. The zero-order valence-corrected chi connectivity index (χ0v) is 5.92. The number of alkyl halides is 1. The molecule has 0 radical (unpaired) electrons. The highest BCUT2D eigenvalue weighted by atomic mass is 35.5. The zero-order chi connectivity index (χ0) is 5.21. The Labute approximate surface area is 55.0 Å². The topological polar surface area (TPSA) is 25.6 Å². The first-order valence-electron chi connectivity index (χ1n) is 1.81. The van der Waals surface area contributed by atoms with Crippen LogP contribution >= 0.6 is 11.6 Å². The van der Waals surface area contributed by atoms with Crippen molar-refractivity contribution in [1.82, 2.24) is 0 Å². The van der Waals surface area contributed by atoms with E-state index in [9.17, 15) is 0 Å². The molecular weight excluding hydrogens is 133 g/mol. The van der Waals surface area contributed by atoms with Crippen molar-refractivity contribution in [3.63, 3.8) is 0 Å². The second kappa shape index (κ2) is 3.28. The van der Waals surface area contributed by atoms with Gasteiger partial charge in [-0.2, -0.15) is 0 Å². The van der Waals surface area contributed by atoms with Gasteiger partial charge in [-0.1, -0.05) is 0 Å². The molecule has 0 unspecified atom stereocenters. The van der Waals surface area contributed by atoms with Crippen molar-refractivity contribution in [3.05, 3.63) is 0 Å². The second-order valence-corrected chi connectivity index (χ2v) is 2.71. The lowest BCUT2D eigenvalue weighted by molar-refractivity contribution is -0.109. The third-order valence-electron chi connectivity index (χ3n) is 0.396. The number of nitrogens with two attached hydrogens (primary N) is 1. The first-order valence-corrected chi connectivity index (χ1v) is 2.19. The van der Waals surface area contributed by atoms with E-state index in [0.717, 1.165) is 0 Å². The molecule has 0 spiro atoms. The van der Waals surface area contributed by atoms with E-state index in [1.807, 2.05) is 13.8 Å². The molecular formula is C4H9Cl2N. The summed E-state index contributed by atoms with van der Waals surface area (Å²) in [5, 5.41) is 5.05. The Morgan fingerprint density at radius 3 is 1.71 bits per heavy atom. The molecule has 0 aromatic carbocycles. The number of hydrogen-bond donors (Lipinski definition) is 1. The Bertz CT molecular complexity index is 55.2. The predicted octanol–water partition coefficient (Wildman–Crippen LogP) is -3.16. The van der Waals surface area contributed by atoms with E-state index >= 15 is 0 Å². The van der Waals surface area contributed by atoms with Crippen molar-refractivity contribution >= 4 is 17.8 Å². The summed E-state index contributed by atoms with van der Waals surface area (Å²) in [4.78, 5) is -0.333. The summed E-state index contributed by atoms with van der Waals surface area (Å²) in [6.07, 6.45) is 1.45. The van der Waals surface area contributed by atoms with Gasteiger partial charge in [-0.05, 0) is 13.8 Å². The van der Waals surface area contributed by atoms with Crippen LogP contribution in [0.5, 0.6) is 0 Å². The first kappa shape index (κ1) is 10.3. The van der Waals surface area contributed by atoms with Crippen molar-refractivity contribution in [3.8, 4) is 0 Å². The van der Waals surface area contributed by atoms with Crippen molar-refractivity contribution < 1.29 is 17.8 Å². The summed E-state index contributed by atoms with van der Waals surface area (Å²) in [7, 11) is 0. The number of rotatable bonds is 1. The summed E-state index contributed by atoms with van der Waals surface area (Å²) < 4.78 is 0. The van der Waals surface area contributed by atoms with E-state index < -0.39 is 0 Å². The molecule has 0 fully saturated rings. The third kappa shape index (κ3) is 10.7. The summed E-state index contributed by atoms with van der Waals surface area (Å²) >= 11 is 5.54. The minimum absolute atomic E-state index is 0. The molecule has 0 rings (SSSR count). The second-order valence-electron chi connectivity index (χ2n) is 1.73. The fraction of sp³-hybridized carbons (Fsp3) is 0.750. The van der Waals surface area contributed by atoms with E-state index in [4.69, 9.17) is 17.0 Å². The molecule has 3 heteroatoms. The van der Waals surface area contributed by atoms with E-state index in [1.54, 1.807) is 0 Å². The highest BCUT2D eigenvalue weighted by Crippen LogP contribution is 2.04. The monoisotopic (exact) mass is 141 g/mol. The van der Waals surface area contributed by atoms with Gasteiger partial charge in [0, 0.05) is 0 Å². The Morgan fingerprint density at radius 2 is 1.71 bits per heavy atom. The average Bonchev–Trinajstić information content (AvgIpc) is 1.35. The van der Waals surface area contributed by atoms with Crippen LogP contribution in [0.25, 0.3) is 0 Å². The lowest BCUT2D eigenvalue weighted by atomic mass is 10.2. The lowest BCUT2D eigenvalue weighted by Gasteiger charge is -1.98. The smallest absolute Gasteiger partial charge is 0.156 e. The fourth-order valence-corrected chi connectivity index (χ4v) is 0. The van der Waals surface area contributed by atoms with Crippen LogP contribution in [0, 0.1) is 0 Å². The molecule has 7 heavy (non-hydrogen) atoms. The van der Waals surface area contributed by atoms with Crippen LogP contribution in [-0.4, -0.2) is 11.1 Å². The highest BCUT2D eigenvalue weighted by Gasteiger charge is 2.09. The van der Waals surface area contributed by atoms with E-state index in [0.29, 0.717) is 0 Å². The van der Waals surface area contributed by atoms with Gasteiger partial charge >= 0.3 is 0 Å². The van der Waals surface area contributed by atoms with Gasteiger partial charge in [0.25, 0.3) is 0 Å². The van der Waals surface area contributed by atoms with E-state index in [-0.39, 0.29) is 17.3 Å². The number of halogens is 2. The van der Waals surface area contributed by atoms with Crippen molar-refractivity contribution in [2.24, 2.45) is 0 Å². The summed E-state index contributed by atoms with van der Waals surface area (Å²) in [5.74, 6) is 0. The fourth-order valence-electron chi connectivity index (χ4n) is 0. The van der Waals surface area contributed by atoms with Gasteiger partial charge in [0.15, 0.2) is 6.21 Å². The van der Waals surface area contributed by atoms with E-state index in [1.165, 1.54) is 6.21 Å². The maximum atomic E-state index is 5.54. The Hall–Kier alpha value is 0.250. The summed E-state index contributed by atoms with van der Waals surface area (Å²) in [5.41, 5.74) is 0. The predicted molar refractivity (Wildman–Crippen MR) is 27.9 cm³/mol. The van der Waals surface area contributed by atoms with Crippen LogP contribution in [-0.2, 0) is 0 Å². The molecule has 0 amide bonds. The van der Waals surface area contributed by atoms with Crippen LogP contribution in [0.4, 0.5) is 0 Å². The quantitative estimate of drug-likeness (QED) is 0.295. The van der Waals surface area contributed by atoms with Crippen LogP contribution in [0.1, 0.15) is 13.8 Å². The van der Waals surface area contributed by atoms with Crippen LogP contribution < -0.4 is 17.8 Å². The molecule has 0 aromatic heterocycles. The van der Waals surface area contributed by atoms with Gasteiger partial charge in [0.05, 0.1) is 0 Å². The molecule has 0 atom stereocenters. The average molecular weight is 142 g/mol. The molecule has 0 saturated carbocycles. The third-order valence-corrected chi connectivity index (χ3v) is 0.522. The molecule has 0 aromatic rings. The maximum Gasteiger partial charge on any atom is 0.156 e. The molecule has 1 nitrogen and oxygen atoms in total.